The van der Waals surface area contributed by atoms with Crippen LogP contribution < -0.4 is 10.9 Å². The van der Waals surface area contributed by atoms with Gasteiger partial charge >= 0.3 is 0 Å². The molecular formula is C25H26Cl2O6S2. The van der Waals surface area contributed by atoms with Crippen LogP contribution in [-0.4, -0.2) is 26.2 Å². The monoisotopic (exact) mass is 556 g/mol. The predicted octanol–water partition coefficient (Wildman–Crippen LogP) is 6.05. The van der Waals surface area contributed by atoms with Crippen molar-refractivity contribution >= 4 is 67.7 Å². The standard InChI is InChI=1S/C12H12O4S.C12H12O2S.CH2Cl2/c1-2-17(15)12-9(7-13)11(14)8-5-3-4-6-10(8)16-12;1-3-15-12-8(2)11(13)9-6-4-5-7-10(9)14-12;2-1-3/h3-6,13H,2,7H2,1H3;4-7H,3H2,1-2H3;1H2. The van der Waals surface area contributed by atoms with Crippen LogP contribution in [0.2, 0.25) is 0 Å². The summed E-state index contributed by atoms with van der Waals surface area (Å²) in [5.74, 6) is 1.25. The lowest BCUT2D eigenvalue weighted by Crippen LogP contribution is -2.14. The van der Waals surface area contributed by atoms with Gasteiger partial charge in [-0.1, -0.05) is 49.9 Å². The number of fused-ring (bicyclic) bond motifs is 2. The average Bonchev–Trinajstić information content (AvgIpc) is 2.87. The van der Waals surface area contributed by atoms with Gasteiger partial charge in [0.15, 0.2) is 21.0 Å². The highest BCUT2D eigenvalue weighted by Gasteiger charge is 2.17. The first-order valence-corrected chi connectivity index (χ1v) is 14.0. The third-order valence-electron chi connectivity index (χ3n) is 4.74. The lowest BCUT2D eigenvalue weighted by atomic mass is 10.2. The number of para-hydroxylation sites is 2. The maximum atomic E-state index is 12.0. The molecule has 35 heavy (non-hydrogen) atoms. The highest BCUT2D eigenvalue weighted by molar-refractivity contribution is 7.99. The zero-order valence-corrected chi connectivity index (χ0v) is 22.7. The molecule has 2 aromatic heterocycles. The molecule has 0 aliphatic carbocycles. The van der Waals surface area contributed by atoms with Gasteiger partial charge in [-0.2, -0.15) is 0 Å². The van der Waals surface area contributed by atoms with Crippen LogP contribution >= 0.6 is 35.0 Å². The van der Waals surface area contributed by atoms with Crippen LogP contribution in [-0.2, 0) is 17.4 Å². The summed E-state index contributed by atoms with van der Waals surface area (Å²) in [6, 6.07) is 14.1. The second-order valence-electron chi connectivity index (χ2n) is 6.86. The van der Waals surface area contributed by atoms with E-state index >= 15 is 0 Å². The second-order valence-corrected chi connectivity index (χ2v) is 10.5. The first-order chi connectivity index (χ1) is 16.8. The molecule has 0 saturated heterocycles. The first-order valence-electron chi connectivity index (χ1n) is 10.7. The summed E-state index contributed by atoms with van der Waals surface area (Å²) in [4.78, 5) is 24.0. The Hall–Kier alpha value is -2.10. The Balaban J connectivity index is 0.000000223. The van der Waals surface area contributed by atoms with Crippen LogP contribution in [0, 0.1) is 6.92 Å². The van der Waals surface area contributed by atoms with Gasteiger partial charge in [-0.05, 0) is 36.9 Å². The van der Waals surface area contributed by atoms with Gasteiger partial charge in [0, 0.05) is 11.3 Å². The van der Waals surface area contributed by atoms with Gasteiger partial charge < -0.3 is 13.9 Å². The fourth-order valence-electron chi connectivity index (χ4n) is 3.09. The number of thioether (sulfide) groups is 1. The van der Waals surface area contributed by atoms with Crippen molar-refractivity contribution in [1.29, 1.82) is 0 Å². The zero-order chi connectivity index (χ0) is 26.0. The van der Waals surface area contributed by atoms with E-state index in [0.29, 0.717) is 33.3 Å². The maximum Gasteiger partial charge on any atom is 0.200 e. The number of aliphatic hydroxyl groups is 1. The van der Waals surface area contributed by atoms with Crippen molar-refractivity contribution in [3.8, 4) is 0 Å². The number of alkyl halides is 2. The van der Waals surface area contributed by atoms with Crippen molar-refractivity contribution in [1.82, 2.24) is 0 Å². The lowest BCUT2D eigenvalue weighted by Gasteiger charge is -2.06. The van der Waals surface area contributed by atoms with E-state index in [-0.39, 0.29) is 26.9 Å². The van der Waals surface area contributed by atoms with Crippen LogP contribution in [0.3, 0.4) is 0 Å². The normalized spacial score (nSPS) is 11.4. The minimum Gasteiger partial charge on any atom is -0.449 e. The third-order valence-corrected chi connectivity index (χ3v) is 6.95. The van der Waals surface area contributed by atoms with Crippen LogP contribution in [0.1, 0.15) is 25.0 Å². The maximum absolute atomic E-state index is 12.0. The summed E-state index contributed by atoms with van der Waals surface area (Å²) >= 11 is 11.1. The molecule has 2 heterocycles. The molecule has 0 aliphatic rings. The Morgan fingerprint density at radius 2 is 1.43 bits per heavy atom. The number of halogens is 2. The molecule has 0 radical (unpaired) electrons. The van der Waals surface area contributed by atoms with Crippen molar-refractivity contribution in [2.24, 2.45) is 0 Å². The van der Waals surface area contributed by atoms with E-state index in [0.717, 1.165) is 10.8 Å². The molecule has 0 aliphatic heterocycles. The van der Waals surface area contributed by atoms with E-state index in [1.807, 2.05) is 32.0 Å². The SMILES string of the molecule is CCS(=O)c1oc2ccccc2c(=O)c1CO.CCSc1oc2ccccc2c(=O)c1C.ClCCl. The molecule has 4 rings (SSSR count). The van der Waals surface area contributed by atoms with E-state index in [9.17, 15) is 18.9 Å². The smallest absolute Gasteiger partial charge is 0.200 e. The number of rotatable bonds is 5. The number of hydrogen-bond donors (Lipinski definition) is 1. The molecule has 1 unspecified atom stereocenters. The summed E-state index contributed by atoms with van der Waals surface area (Å²) in [5.41, 5.74) is 1.62. The molecule has 188 valence electrons. The number of benzene rings is 2. The minimum atomic E-state index is -1.39. The second kappa shape index (κ2) is 14.5. The zero-order valence-electron chi connectivity index (χ0n) is 19.5. The van der Waals surface area contributed by atoms with E-state index in [4.69, 9.17) is 32.0 Å². The third kappa shape index (κ3) is 7.21. The topological polar surface area (TPSA) is 97.7 Å². The van der Waals surface area contributed by atoms with Gasteiger partial charge in [-0.25, -0.2) is 0 Å². The van der Waals surface area contributed by atoms with Crippen molar-refractivity contribution in [3.05, 3.63) is 80.1 Å². The summed E-state index contributed by atoms with van der Waals surface area (Å²) in [6.07, 6.45) is 0. The highest BCUT2D eigenvalue weighted by atomic mass is 35.5. The molecule has 0 saturated carbocycles. The van der Waals surface area contributed by atoms with Crippen LogP contribution in [0.5, 0.6) is 0 Å². The van der Waals surface area contributed by atoms with Gasteiger partial charge in [0.2, 0.25) is 0 Å². The highest BCUT2D eigenvalue weighted by Crippen LogP contribution is 2.24. The van der Waals surface area contributed by atoms with E-state index in [2.05, 4.69) is 0 Å². The summed E-state index contributed by atoms with van der Waals surface area (Å²) in [5, 5.41) is 11.3. The Morgan fingerprint density at radius 3 is 1.94 bits per heavy atom. The van der Waals surface area contributed by atoms with Crippen LogP contribution in [0.4, 0.5) is 0 Å². The summed E-state index contributed by atoms with van der Waals surface area (Å²) < 4.78 is 22.9. The van der Waals surface area contributed by atoms with Crippen molar-refractivity contribution in [2.45, 2.75) is 37.6 Å². The Bertz CT molecular complexity index is 1420. The Morgan fingerprint density at radius 1 is 0.914 bits per heavy atom. The van der Waals surface area contributed by atoms with Crippen molar-refractivity contribution in [2.75, 3.05) is 16.8 Å². The van der Waals surface area contributed by atoms with E-state index in [1.54, 1.807) is 49.0 Å². The molecule has 1 N–H and O–H groups in total. The molecule has 2 aromatic carbocycles. The van der Waals surface area contributed by atoms with E-state index in [1.165, 1.54) is 0 Å². The molecule has 4 aromatic rings. The average molecular weight is 558 g/mol. The summed E-state index contributed by atoms with van der Waals surface area (Å²) in [6.45, 7) is 5.12. The Kier molecular flexibility index (Phi) is 12.0. The van der Waals surface area contributed by atoms with Crippen molar-refractivity contribution < 1.29 is 18.1 Å². The fraction of sp³-hybridized carbons (Fsp3) is 0.280. The van der Waals surface area contributed by atoms with Gasteiger partial charge in [-0.3, -0.25) is 13.8 Å². The van der Waals surface area contributed by atoms with Gasteiger partial charge in [-0.15, -0.1) is 23.2 Å². The number of hydrogen-bond acceptors (Lipinski definition) is 7. The van der Waals surface area contributed by atoms with Gasteiger partial charge in [0.25, 0.3) is 0 Å². The molecule has 0 amide bonds. The van der Waals surface area contributed by atoms with Crippen LogP contribution in [0.25, 0.3) is 21.9 Å². The Labute approximate surface area is 219 Å². The minimum absolute atomic E-state index is 0.0767. The molecular weight excluding hydrogens is 531 g/mol. The summed E-state index contributed by atoms with van der Waals surface area (Å²) in [7, 11) is -1.39. The predicted molar refractivity (Wildman–Crippen MR) is 146 cm³/mol. The first kappa shape index (κ1) is 29.1. The molecule has 1 atom stereocenters. The fourth-order valence-corrected chi connectivity index (χ4v) is 4.69. The quantitative estimate of drug-likeness (QED) is 0.236. The molecule has 0 spiro atoms. The van der Waals surface area contributed by atoms with Gasteiger partial charge in [0.1, 0.15) is 11.2 Å². The largest absolute Gasteiger partial charge is 0.449 e. The lowest BCUT2D eigenvalue weighted by molar-refractivity contribution is 0.269. The van der Waals surface area contributed by atoms with Crippen LogP contribution in [0.15, 0.2) is 77.1 Å². The molecule has 0 fully saturated rings. The number of aliphatic hydroxyl groups excluding tert-OH is 1. The molecule has 10 heteroatoms. The molecule has 6 nitrogen and oxygen atoms in total. The van der Waals surface area contributed by atoms with Gasteiger partial charge in [0.05, 0.1) is 39.1 Å². The molecule has 0 bridgehead atoms. The van der Waals surface area contributed by atoms with E-state index < -0.39 is 17.4 Å². The van der Waals surface area contributed by atoms with Crippen molar-refractivity contribution in [3.63, 3.8) is 0 Å².